The van der Waals surface area contributed by atoms with Crippen LogP contribution in [0.5, 0.6) is 0 Å². The molecular formula is C21H22ClN3O2. The monoisotopic (exact) mass is 383 g/mol. The van der Waals surface area contributed by atoms with Crippen LogP contribution in [0.3, 0.4) is 0 Å². The first-order valence-electron chi connectivity index (χ1n) is 8.81. The van der Waals surface area contributed by atoms with E-state index in [4.69, 9.17) is 11.6 Å². The second-order valence-electron chi connectivity index (χ2n) is 6.63. The van der Waals surface area contributed by atoms with Gasteiger partial charge in [0.25, 0.3) is 0 Å². The van der Waals surface area contributed by atoms with Crippen LogP contribution in [0.15, 0.2) is 54.7 Å². The van der Waals surface area contributed by atoms with Crippen molar-refractivity contribution in [1.82, 2.24) is 10.6 Å². The fraction of sp³-hybridized carbons (Fsp3) is 0.238. The topological polar surface area (TPSA) is 70.2 Å². The van der Waals surface area contributed by atoms with Crippen molar-refractivity contribution in [2.75, 3.05) is 5.32 Å². The molecule has 5 nitrogen and oxygen atoms in total. The first kappa shape index (κ1) is 19.0. The molecule has 0 spiro atoms. The third-order valence-electron chi connectivity index (χ3n) is 4.74. The molecule has 3 rings (SSSR count). The summed E-state index contributed by atoms with van der Waals surface area (Å²) in [5.41, 5.74) is 3.93. The zero-order chi connectivity index (χ0) is 19.6. The van der Waals surface area contributed by atoms with Crippen LogP contribution in [0, 0.1) is 12.8 Å². The number of anilines is 1. The van der Waals surface area contributed by atoms with Gasteiger partial charge in [0.15, 0.2) is 0 Å². The zero-order valence-corrected chi connectivity index (χ0v) is 16.1. The van der Waals surface area contributed by atoms with Crippen molar-refractivity contribution < 1.29 is 9.59 Å². The summed E-state index contributed by atoms with van der Waals surface area (Å²) in [6.07, 6.45) is 0.920. The van der Waals surface area contributed by atoms with Crippen LogP contribution in [0.4, 0.5) is 10.5 Å². The van der Waals surface area contributed by atoms with Gasteiger partial charge in [-0.05, 0) is 42.2 Å². The lowest BCUT2D eigenvalue weighted by Crippen LogP contribution is -2.51. The molecule has 1 fully saturated rings. The van der Waals surface area contributed by atoms with Crippen molar-refractivity contribution in [3.05, 3.63) is 76.5 Å². The van der Waals surface area contributed by atoms with E-state index in [1.807, 2.05) is 37.3 Å². The number of rotatable bonds is 4. The van der Waals surface area contributed by atoms with Crippen molar-refractivity contribution in [2.24, 2.45) is 5.92 Å². The summed E-state index contributed by atoms with van der Waals surface area (Å²) in [6.45, 7) is 7.86. The van der Waals surface area contributed by atoms with Gasteiger partial charge >= 0.3 is 6.03 Å². The van der Waals surface area contributed by atoms with Crippen LogP contribution < -0.4 is 16.0 Å². The predicted octanol–water partition coefficient (Wildman–Crippen LogP) is 4.33. The van der Waals surface area contributed by atoms with Crippen LogP contribution in [0.2, 0.25) is 5.02 Å². The standard InChI is InChI=1S/C21H22ClN3O2/c1-4-14-6-8-15(9-7-14)19-18(13(3)23-21(27)25-19)20(26)24-16-10-5-12(2)17(22)11-16/h5-11,18-19H,3-4H2,1-2H3,(H,24,26)(H2,23,25,27)/t18-,19+/m0/s1. The molecule has 0 aromatic heterocycles. The number of hydrogen-bond donors (Lipinski definition) is 3. The second kappa shape index (κ2) is 7.84. The molecule has 140 valence electrons. The van der Waals surface area contributed by atoms with Gasteiger partial charge in [0, 0.05) is 16.4 Å². The molecule has 3 N–H and O–H groups in total. The van der Waals surface area contributed by atoms with E-state index in [2.05, 4.69) is 29.5 Å². The average molecular weight is 384 g/mol. The van der Waals surface area contributed by atoms with Crippen molar-refractivity contribution in [1.29, 1.82) is 0 Å². The highest BCUT2D eigenvalue weighted by molar-refractivity contribution is 6.31. The summed E-state index contributed by atoms with van der Waals surface area (Å²) in [7, 11) is 0. The Hall–Kier alpha value is -2.79. The first-order valence-corrected chi connectivity index (χ1v) is 9.19. The largest absolute Gasteiger partial charge is 0.330 e. The minimum Gasteiger partial charge on any atom is -0.330 e. The van der Waals surface area contributed by atoms with E-state index in [0.717, 1.165) is 17.5 Å². The van der Waals surface area contributed by atoms with Crippen molar-refractivity contribution in [3.63, 3.8) is 0 Å². The Balaban J connectivity index is 1.88. The summed E-state index contributed by atoms with van der Waals surface area (Å²) in [6, 6.07) is 12.3. The van der Waals surface area contributed by atoms with Gasteiger partial charge in [0.2, 0.25) is 5.91 Å². The molecule has 2 aromatic rings. The van der Waals surface area contributed by atoms with Crippen LogP contribution in [-0.4, -0.2) is 11.9 Å². The maximum atomic E-state index is 13.0. The smallest absolute Gasteiger partial charge is 0.319 e. The molecule has 0 saturated carbocycles. The molecule has 6 heteroatoms. The van der Waals surface area contributed by atoms with Gasteiger partial charge in [0.05, 0.1) is 6.04 Å². The molecule has 2 aromatic carbocycles. The Bertz CT molecular complexity index is 893. The number of urea groups is 1. The maximum Gasteiger partial charge on any atom is 0.319 e. The molecule has 3 amide bonds. The van der Waals surface area contributed by atoms with Gasteiger partial charge in [-0.25, -0.2) is 4.79 Å². The molecule has 1 aliphatic rings. The number of carbonyl (C=O) groups is 2. The van der Waals surface area contributed by atoms with Crippen LogP contribution in [-0.2, 0) is 11.2 Å². The van der Waals surface area contributed by atoms with Gasteiger partial charge < -0.3 is 16.0 Å². The number of benzene rings is 2. The number of aryl methyl sites for hydroxylation is 2. The van der Waals surface area contributed by atoms with E-state index in [-0.39, 0.29) is 11.9 Å². The Morgan fingerprint density at radius 2 is 1.93 bits per heavy atom. The SMILES string of the molecule is C=C1NC(=O)N[C@H](c2ccc(CC)cc2)[C@H]1C(=O)Nc1ccc(C)c(Cl)c1. The lowest BCUT2D eigenvalue weighted by Gasteiger charge is -2.34. The number of halogens is 1. The highest BCUT2D eigenvalue weighted by Gasteiger charge is 2.37. The minimum absolute atomic E-state index is 0.267. The molecule has 2 atom stereocenters. The van der Waals surface area contributed by atoms with E-state index in [9.17, 15) is 9.59 Å². The van der Waals surface area contributed by atoms with E-state index in [1.165, 1.54) is 5.56 Å². The average Bonchev–Trinajstić information content (AvgIpc) is 2.64. The van der Waals surface area contributed by atoms with Crippen LogP contribution >= 0.6 is 11.6 Å². The van der Waals surface area contributed by atoms with E-state index >= 15 is 0 Å². The summed E-state index contributed by atoms with van der Waals surface area (Å²) in [5.74, 6) is -0.924. The van der Waals surface area contributed by atoms with Gasteiger partial charge in [0.1, 0.15) is 5.92 Å². The van der Waals surface area contributed by atoms with Gasteiger partial charge in [-0.1, -0.05) is 55.4 Å². The second-order valence-corrected chi connectivity index (χ2v) is 7.03. The summed E-state index contributed by atoms with van der Waals surface area (Å²) in [5, 5.41) is 8.90. The molecule has 0 radical (unpaired) electrons. The molecule has 1 heterocycles. The maximum absolute atomic E-state index is 13.0. The summed E-state index contributed by atoms with van der Waals surface area (Å²) >= 11 is 6.15. The number of carbonyl (C=O) groups excluding carboxylic acids is 2. The first-order chi connectivity index (χ1) is 12.9. The Morgan fingerprint density at radius 3 is 2.56 bits per heavy atom. The number of nitrogens with one attached hydrogen (secondary N) is 3. The third kappa shape index (κ3) is 4.14. The van der Waals surface area contributed by atoms with E-state index in [1.54, 1.807) is 12.1 Å². The summed E-state index contributed by atoms with van der Waals surface area (Å²) < 4.78 is 0. The fourth-order valence-electron chi connectivity index (χ4n) is 3.12. The molecule has 0 unspecified atom stereocenters. The Morgan fingerprint density at radius 1 is 1.22 bits per heavy atom. The summed E-state index contributed by atoms with van der Waals surface area (Å²) in [4.78, 5) is 24.9. The molecule has 27 heavy (non-hydrogen) atoms. The van der Waals surface area contributed by atoms with Gasteiger partial charge in [-0.2, -0.15) is 0 Å². The van der Waals surface area contributed by atoms with Gasteiger partial charge in [-0.3, -0.25) is 4.79 Å². The number of hydrogen-bond acceptors (Lipinski definition) is 2. The van der Waals surface area contributed by atoms with Gasteiger partial charge in [-0.15, -0.1) is 0 Å². The van der Waals surface area contributed by atoms with E-state index in [0.29, 0.717) is 16.4 Å². The quantitative estimate of drug-likeness (QED) is 0.735. The minimum atomic E-state index is -0.657. The normalized spacial score (nSPS) is 19.2. The molecule has 1 saturated heterocycles. The number of amides is 3. The zero-order valence-electron chi connectivity index (χ0n) is 15.3. The highest BCUT2D eigenvalue weighted by Crippen LogP contribution is 2.31. The Kier molecular flexibility index (Phi) is 5.51. The molecule has 1 aliphatic heterocycles. The molecule has 0 aliphatic carbocycles. The lowest BCUT2D eigenvalue weighted by atomic mass is 9.87. The van der Waals surface area contributed by atoms with Crippen molar-refractivity contribution >= 4 is 29.2 Å². The Labute approximate surface area is 163 Å². The van der Waals surface area contributed by atoms with Crippen molar-refractivity contribution in [2.45, 2.75) is 26.3 Å². The molecular weight excluding hydrogens is 362 g/mol. The van der Waals surface area contributed by atoms with Crippen LogP contribution in [0.1, 0.15) is 29.7 Å². The fourth-order valence-corrected chi connectivity index (χ4v) is 3.30. The van der Waals surface area contributed by atoms with Crippen molar-refractivity contribution in [3.8, 4) is 0 Å². The predicted molar refractivity (Wildman–Crippen MR) is 108 cm³/mol. The molecule has 0 bridgehead atoms. The highest BCUT2D eigenvalue weighted by atomic mass is 35.5. The van der Waals surface area contributed by atoms with E-state index < -0.39 is 12.0 Å². The lowest BCUT2D eigenvalue weighted by molar-refractivity contribution is -0.119. The van der Waals surface area contributed by atoms with Crippen LogP contribution in [0.25, 0.3) is 0 Å². The third-order valence-corrected chi connectivity index (χ3v) is 5.15.